The van der Waals surface area contributed by atoms with Gasteiger partial charge in [0.25, 0.3) is 10.1 Å². The van der Waals surface area contributed by atoms with E-state index >= 15 is 0 Å². The number of nitrogens with one attached hydrogen (secondary N) is 1. The molecular formula is C43H83NO6S. The SMILES string of the molecule is CCCCCCCCCCCC/C=C\CCCCCCCCC(O)C(=O)NC(CS(=O)(=O)O)C(O)/C=C/CCCCCCCCCCCCCC. The van der Waals surface area contributed by atoms with Crippen molar-refractivity contribution in [2.45, 2.75) is 238 Å². The summed E-state index contributed by atoms with van der Waals surface area (Å²) in [4.78, 5) is 12.6. The van der Waals surface area contributed by atoms with E-state index in [0.29, 0.717) is 6.42 Å². The summed E-state index contributed by atoms with van der Waals surface area (Å²) in [5, 5.41) is 23.4. The Labute approximate surface area is 316 Å². The molecule has 0 aromatic heterocycles. The number of aliphatic hydroxyl groups excluding tert-OH is 2. The Hall–Kier alpha value is -1.22. The molecule has 0 aliphatic carbocycles. The summed E-state index contributed by atoms with van der Waals surface area (Å²) in [7, 11) is -4.44. The molecule has 3 atom stereocenters. The van der Waals surface area contributed by atoms with Gasteiger partial charge in [-0.25, -0.2) is 0 Å². The van der Waals surface area contributed by atoms with E-state index in [9.17, 15) is 28.0 Å². The average Bonchev–Trinajstić information content (AvgIpc) is 3.09. The molecule has 0 radical (unpaired) electrons. The lowest BCUT2D eigenvalue weighted by Crippen LogP contribution is -2.50. The first-order valence-corrected chi connectivity index (χ1v) is 23.3. The van der Waals surface area contributed by atoms with Crippen molar-refractivity contribution in [3.05, 3.63) is 24.3 Å². The van der Waals surface area contributed by atoms with Gasteiger partial charge in [0.05, 0.1) is 17.9 Å². The van der Waals surface area contributed by atoms with Crippen LogP contribution in [0.1, 0.15) is 219 Å². The van der Waals surface area contributed by atoms with Crippen molar-refractivity contribution in [3.63, 3.8) is 0 Å². The van der Waals surface area contributed by atoms with Crippen molar-refractivity contribution in [2.75, 3.05) is 5.75 Å². The minimum atomic E-state index is -4.44. The van der Waals surface area contributed by atoms with Gasteiger partial charge in [-0.1, -0.05) is 199 Å². The lowest BCUT2D eigenvalue weighted by atomic mass is 10.0. The smallest absolute Gasteiger partial charge is 0.267 e. The molecule has 0 bridgehead atoms. The molecule has 51 heavy (non-hydrogen) atoms. The minimum absolute atomic E-state index is 0.275. The molecule has 3 unspecified atom stereocenters. The van der Waals surface area contributed by atoms with Gasteiger partial charge >= 0.3 is 0 Å². The van der Waals surface area contributed by atoms with Gasteiger partial charge in [-0.2, -0.15) is 8.42 Å². The number of aliphatic hydroxyl groups is 2. The van der Waals surface area contributed by atoms with Crippen LogP contribution in [0.5, 0.6) is 0 Å². The molecule has 0 aliphatic rings. The van der Waals surface area contributed by atoms with Gasteiger partial charge in [-0.15, -0.1) is 0 Å². The van der Waals surface area contributed by atoms with Gasteiger partial charge in [0.15, 0.2) is 0 Å². The highest BCUT2D eigenvalue weighted by molar-refractivity contribution is 7.85. The number of hydrogen-bond acceptors (Lipinski definition) is 5. The molecule has 8 heteroatoms. The molecule has 0 fully saturated rings. The quantitative estimate of drug-likeness (QED) is 0.0282. The molecule has 0 saturated heterocycles. The van der Waals surface area contributed by atoms with Gasteiger partial charge < -0.3 is 15.5 Å². The second kappa shape index (κ2) is 37.1. The first kappa shape index (κ1) is 49.8. The van der Waals surface area contributed by atoms with Crippen LogP contribution >= 0.6 is 0 Å². The summed E-state index contributed by atoms with van der Waals surface area (Å²) in [6, 6.07) is -1.23. The lowest BCUT2D eigenvalue weighted by molar-refractivity contribution is -0.130. The zero-order valence-corrected chi connectivity index (χ0v) is 34.2. The third-order valence-electron chi connectivity index (χ3n) is 9.98. The minimum Gasteiger partial charge on any atom is -0.387 e. The molecule has 0 rings (SSSR count). The van der Waals surface area contributed by atoms with E-state index in [0.717, 1.165) is 44.9 Å². The molecule has 7 nitrogen and oxygen atoms in total. The van der Waals surface area contributed by atoms with E-state index < -0.39 is 40.0 Å². The van der Waals surface area contributed by atoms with E-state index in [1.807, 2.05) is 0 Å². The molecule has 0 aliphatic heterocycles. The lowest BCUT2D eigenvalue weighted by Gasteiger charge is -2.22. The fourth-order valence-electron chi connectivity index (χ4n) is 6.63. The van der Waals surface area contributed by atoms with Crippen LogP contribution in [0.2, 0.25) is 0 Å². The molecule has 0 aromatic rings. The van der Waals surface area contributed by atoms with Crippen LogP contribution in [0.3, 0.4) is 0 Å². The second-order valence-corrected chi connectivity index (χ2v) is 16.6. The normalized spacial score (nSPS) is 14.1. The number of rotatable bonds is 39. The van der Waals surface area contributed by atoms with Gasteiger partial charge in [-0.3, -0.25) is 9.35 Å². The van der Waals surface area contributed by atoms with Crippen molar-refractivity contribution in [3.8, 4) is 0 Å². The Balaban J connectivity index is 3.99. The highest BCUT2D eigenvalue weighted by Gasteiger charge is 2.27. The Morgan fingerprint density at radius 1 is 0.529 bits per heavy atom. The van der Waals surface area contributed by atoms with Crippen LogP contribution in [-0.2, 0) is 14.9 Å². The summed E-state index contributed by atoms with van der Waals surface area (Å²) in [5.74, 6) is -1.54. The predicted molar refractivity (Wildman–Crippen MR) is 218 cm³/mol. The Morgan fingerprint density at radius 2 is 0.863 bits per heavy atom. The first-order valence-electron chi connectivity index (χ1n) is 21.6. The number of carbonyl (C=O) groups is 1. The van der Waals surface area contributed by atoms with Crippen LogP contribution in [0, 0.1) is 0 Å². The molecular weight excluding hydrogens is 659 g/mol. The summed E-state index contributed by atoms with van der Waals surface area (Å²) in [6.07, 6.45) is 43.8. The molecule has 1 amide bonds. The van der Waals surface area contributed by atoms with Crippen molar-refractivity contribution < 1.29 is 28.0 Å². The first-order chi connectivity index (χ1) is 24.7. The third-order valence-corrected chi connectivity index (χ3v) is 10.8. The number of amides is 1. The predicted octanol–water partition coefficient (Wildman–Crippen LogP) is 11.7. The van der Waals surface area contributed by atoms with Crippen molar-refractivity contribution in [2.24, 2.45) is 0 Å². The highest BCUT2D eigenvalue weighted by Crippen LogP contribution is 2.15. The summed E-state index contributed by atoms with van der Waals surface area (Å²) < 4.78 is 32.5. The van der Waals surface area contributed by atoms with Gasteiger partial charge in [-0.05, 0) is 44.9 Å². The average molecular weight is 742 g/mol. The molecule has 0 aromatic carbocycles. The summed E-state index contributed by atoms with van der Waals surface area (Å²) >= 11 is 0. The van der Waals surface area contributed by atoms with E-state index in [1.54, 1.807) is 6.08 Å². The second-order valence-electron chi connectivity index (χ2n) is 15.1. The van der Waals surface area contributed by atoms with Crippen LogP contribution in [0.15, 0.2) is 24.3 Å². The zero-order chi connectivity index (χ0) is 37.7. The molecule has 302 valence electrons. The van der Waals surface area contributed by atoms with Crippen molar-refractivity contribution in [1.29, 1.82) is 0 Å². The Kier molecular flexibility index (Phi) is 36.2. The number of allylic oxidation sites excluding steroid dienone is 3. The molecule has 0 heterocycles. The maximum Gasteiger partial charge on any atom is 0.267 e. The fourth-order valence-corrected chi connectivity index (χ4v) is 7.36. The molecule has 0 saturated carbocycles. The largest absolute Gasteiger partial charge is 0.387 e. The monoisotopic (exact) mass is 742 g/mol. The van der Waals surface area contributed by atoms with E-state index in [1.165, 1.54) is 154 Å². The van der Waals surface area contributed by atoms with Crippen LogP contribution < -0.4 is 5.32 Å². The summed E-state index contributed by atoms with van der Waals surface area (Å²) in [5.41, 5.74) is 0. The zero-order valence-electron chi connectivity index (χ0n) is 33.4. The van der Waals surface area contributed by atoms with Crippen molar-refractivity contribution >= 4 is 16.0 Å². The number of unbranched alkanes of at least 4 members (excludes halogenated alkanes) is 28. The fraction of sp³-hybridized carbons (Fsp3) is 0.884. The van der Waals surface area contributed by atoms with E-state index in [4.69, 9.17) is 0 Å². The van der Waals surface area contributed by atoms with Gasteiger partial charge in [0, 0.05) is 0 Å². The van der Waals surface area contributed by atoms with Crippen LogP contribution in [0.25, 0.3) is 0 Å². The highest BCUT2D eigenvalue weighted by atomic mass is 32.2. The number of hydrogen-bond donors (Lipinski definition) is 4. The van der Waals surface area contributed by atoms with E-state index in [-0.39, 0.29) is 6.42 Å². The standard InChI is InChI=1S/C43H83NO6S/c1-3-5-7-9-11-13-15-17-19-20-21-22-23-24-26-28-30-32-34-36-38-42(46)43(47)44-40(39-51(48,49)50)41(45)37-35-33-31-29-27-25-18-16-14-12-10-8-6-4-2/h22-23,35,37,40-42,45-46H,3-21,24-34,36,38-39H2,1-2H3,(H,44,47)(H,48,49,50)/b23-22-,37-35+. The van der Waals surface area contributed by atoms with Gasteiger partial charge in [0.1, 0.15) is 6.10 Å². The molecule has 0 spiro atoms. The van der Waals surface area contributed by atoms with Crippen LogP contribution in [-0.4, -0.2) is 53.1 Å². The van der Waals surface area contributed by atoms with E-state index in [2.05, 4.69) is 31.3 Å². The summed E-state index contributed by atoms with van der Waals surface area (Å²) in [6.45, 7) is 4.51. The maximum absolute atomic E-state index is 12.6. The Morgan fingerprint density at radius 3 is 1.24 bits per heavy atom. The molecule has 4 N–H and O–H groups in total. The third kappa shape index (κ3) is 36.9. The topological polar surface area (TPSA) is 124 Å². The van der Waals surface area contributed by atoms with Gasteiger partial charge in [0.2, 0.25) is 5.91 Å². The Bertz CT molecular complexity index is 921. The van der Waals surface area contributed by atoms with Crippen LogP contribution in [0.4, 0.5) is 0 Å². The van der Waals surface area contributed by atoms with Crippen molar-refractivity contribution in [1.82, 2.24) is 5.32 Å². The maximum atomic E-state index is 12.6. The number of carbonyl (C=O) groups excluding carboxylic acids is 1.